The average molecular weight is 268 g/mol. The van der Waals surface area contributed by atoms with E-state index in [9.17, 15) is 13.2 Å². The lowest BCUT2D eigenvalue weighted by Gasteiger charge is -2.23. The number of hydrogen-bond acceptors (Lipinski definition) is 3. The minimum absolute atomic E-state index is 0.0738. The van der Waals surface area contributed by atoms with Crippen molar-refractivity contribution in [3.8, 4) is 11.4 Å². The van der Waals surface area contributed by atoms with E-state index < -0.39 is 23.8 Å². The molecule has 2 N–H and O–H groups in total. The van der Waals surface area contributed by atoms with Gasteiger partial charge in [-0.2, -0.15) is 0 Å². The molecule has 4 nitrogen and oxygen atoms in total. The maximum absolute atomic E-state index is 13.5. The lowest BCUT2D eigenvalue weighted by atomic mass is 10.1. The van der Waals surface area contributed by atoms with Crippen LogP contribution >= 0.6 is 0 Å². The smallest absolute Gasteiger partial charge is 0.164 e. The van der Waals surface area contributed by atoms with Gasteiger partial charge in [-0.1, -0.05) is 0 Å². The molecule has 1 aliphatic heterocycles. The minimum Gasteiger partial charge on any atom is -0.321 e. The molecular weight excluding hydrogens is 257 g/mol. The number of nitrogens with two attached hydrogens (primary N) is 1. The standard InChI is InChI=1S/C12H11F3N4/c13-7-4-10(16)12-18-17-11(19(12)5-7)6-1-2-8(14)9(15)3-6/h1-3,7,10H,4-5,16H2. The molecule has 2 atom stereocenters. The summed E-state index contributed by atoms with van der Waals surface area (Å²) in [5.74, 6) is -1.16. The summed E-state index contributed by atoms with van der Waals surface area (Å²) >= 11 is 0. The monoisotopic (exact) mass is 268 g/mol. The zero-order valence-electron chi connectivity index (χ0n) is 9.85. The van der Waals surface area contributed by atoms with Gasteiger partial charge in [-0.3, -0.25) is 0 Å². The summed E-state index contributed by atoms with van der Waals surface area (Å²) < 4.78 is 41.2. The molecule has 0 radical (unpaired) electrons. The fraction of sp³-hybridized carbons (Fsp3) is 0.333. The normalized spacial score (nSPS) is 22.3. The van der Waals surface area contributed by atoms with Crippen molar-refractivity contribution in [3.63, 3.8) is 0 Å². The summed E-state index contributed by atoms with van der Waals surface area (Å²) in [6.07, 6.45) is -0.904. The Morgan fingerprint density at radius 2 is 2.00 bits per heavy atom. The third-order valence-electron chi connectivity index (χ3n) is 3.18. The molecule has 0 aliphatic carbocycles. The van der Waals surface area contributed by atoms with Gasteiger partial charge in [0, 0.05) is 12.0 Å². The zero-order chi connectivity index (χ0) is 13.6. The van der Waals surface area contributed by atoms with Crippen LogP contribution in [0.4, 0.5) is 13.2 Å². The Hall–Kier alpha value is -1.89. The molecular formula is C12H11F3N4. The molecule has 7 heteroatoms. The van der Waals surface area contributed by atoms with Gasteiger partial charge in [0.25, 0.3) is 0 Å². The first kappa shape index (κ1) is 12.2. The van der Waals surface area contributed by atoms with E-state index in [0.29, 0.717) is 17.2 Å². The van der Waals surface area contributed by atoms with E-state index in [1.54, 1.807) is 0 Å². The summed E-state index contributed by atoms with van der Waals surface area (Å²) in [5.41, 5.74) is 6.13. The molecule has 0 bridgehead atoms. The maximum atomic E-state index is 13.5. The summed E-state index contributed by atoms with van der Waals surface area (Å²) in [6, 6.07) is 2.86. The highest BCUT2D eigenvalue weighted by molar-refractivity contribution is 5.55. The van der Waals surface area contributed by atoms with Gasteiger partial charge in [0.2, 0.25) is 0 Å². The first-order valence-electron chi connectivity index (χ1n) is 5.84. The molecule has 2 heterocycles. The molecule has 0 saturated heterocycles. The SMILES string of the molecule is NC1CC(F)Cn2c(-c3ccc(F)c(F)c3)nnc21. The Bertz CT molecular complexity index is 625. The molecule has 1 aromatic heterocycles. The van der Waals surface area contributed by atoms with Crippen molar-refractivity contribution in [2.75, 3.05) is 0 Å². The van der Waals surface area contributed by atoms with Crippen LogP contribution in [0.1, 0.15) is 18.3 Å². The van der Waals surface area contributed by atoms with Crippen molar-refractivity contribution in [3.05, 3.63) is 35.7 Å². The molecule has 2 unspecified atom stereocenters. The van der Waals surface area contributed by atoms with Crippen LogP contribution in [0.3, 0.4) is 0 Å². The molecule has 0 saturated carbocycles. The van der Waals surface area contributed by atoms with Crippen molar-refractivity contribution >= 4 is 0 Å². The fourth-order valence-electron chi connectivity index (χ4n) is 2.27. The number of benzene rings is 1. The molecule has 1 aromatic carbocycles. The largest absolute Gasteiger partial charge is 0.321 e. The van der Waals surface area contributed by atoms with E-state index in [2.05, 4.69) is 10.2 Å². The summed E-state index contributed by atoms with van der Waals surface area (Å²) in [4.78, 5) is 0. The number of rotatable bonds is 1. The molecule has 0 fully saturated rings. The summed E-state index contributed by atoms with van der Waals surface area (Å²) in [6.45, 7) is 0.0738. The second-order valence-electron chi connectivity index (χ2n) is 4.56. The van der Waals surface area contributed by atoms with Crippen LogP contribution in [0.5, 0.6) is 0 Å². The Morgan fingerprint density at radius 1 is 1.21 bits per heavy atom. The molecule has 1 aliphatic rings. The quantitative estimate of drug-likeness (QED) is 0.860. The molecule has 2 aromatic rings. The van der Waals surface area contributed by atoms with E-state index in [1.165, 1.54) is 10.6 Å². The minimum atomic E-state index is -1.09. The highest BCUT2D eigenvalue weighted by atomic mass is 19.2. The van der Waals surface area contributed by atoms with Crippen molar-refractivity contribution in [2.45, 2.75) is 25.2 Å². The third-order valence-corrected chi connectivity index (χ3v) is 3.18. The van der Waals surface area contributed by atoms with Gasteiger partial charge < -0.3 is 10.3 Å². The Kier molecular flexibility index (Phi) is 2.78. The lowest BCUT2D eigenvalue weighted by Crippen LogP contribution is -2.29. The van der Waals surface area contributed by atoms with Crippen LogP contribution in [0.2, 0.25) is 0 Å². The first-order chi connectivity index (χ1) is 9.06. The third kappa shape index (κ3) is 1.99. The highest BCUT2D eigenvalue weighted by Gasteiger charge is 2.29. The molecule has 0 amide bonds. The van der Waals surface area contributed by atoms with E-state index >= 15 is 0 Å². The van der Waals surface area contributed by atoms with Crippen LogP contribution in [0.15, 0.2) is 18.2 Å². The summed E-state index contributed by atoms with van der Waals surface area (Å²) in [5, 5.41) is 7.81. The van der Waals surface area contributed by atoms with Gasteiger partial charge >= 0.3 is 0 Å². The molecule has 19 heavy (non-hydrogen) atoms. The number of fused-ring (bicyclic) bond motifs is 1. The predicted molar refractivity (Wildman–Crippen MR) is 61.8 cm³/mol. The van der Waals surface area contributed by atoms with Gasteiger partial charge in [0.05, 0.1) is 12.6 Å². The van der Waals surface area contributed by atoms with Crippen LogP contribution in [-0.4, -0.2) is 20.9 Å². The van der Waals surface area contributed by atoms with Gasteiger partial charge in [0.1, 0.15) is 12.0 Å². The zero-order valence-corrected chi connectivity index (χ0v) is 9.85. The Balaban J connectivity index is 2.09. The number of hydrogen-bond donors (Lipinski definition) is 1. The van der Waals surface area contributed by atoms with Crippen LogP contribution < -0.4 is 5.73 Å². The van der Waals surface area contributed by atoms with Crippen molar-refractivity contribution in [1.82, 2.24) is 14.8 Å². The van der Waals surface area contributed by atoms with E-state index in [1.807, 2.05) is 0 Å². The fourth-order valence-corrected chi connectivity index (χ4v) is 2.27. The van der Waals surface area contributed by atoms with E-state index in [0.717, 1.165) is 12.1 Å². The maximum Gasteiger partial charge on any atom is 0.164 e. The average Bonchev–Trinajstić information content (AvgIpc) is 2.76. The topological polar surface area (TPSA) is 56.7 Å². The first-order valence-corrected chi connectivity index (χ1v) is 5.84. The van der Waals surface area contributed by atoms with E-state index in [4.69, 9.17) is 5.73 Å². The van der Waals surface area contributed by atoms with Gasteiger partial charge in [-0.15, -0.1) is 10.2 Å². The van der Waals surface area contributed by atoms with E-state index in [-0.39, 0.29) is 13.0 Å². The second kappa shape index (κ2) is 4.34. The summed E-state index contributed by atoms with van der Waals surface area (Å²) in [7, 11) is 0. The predicted octanol–water partition coefficient (Wildman–Crippen LogP) is 1.96. The number of alkyl halides is 1. The van der Waals surface area contributed by atoms with Gasteiger partial charge in [-0.25, -0.2) is 13.2 Å². The van der Waals surface area contributed by atoms with Crippen LogP contribution in [0.25, 0.3) is 11.4 Å². The second-order valence-corrected chi connectivity index (χ2v) is 4.56. The number of aromatic nitrogens is 3. The van der Waals surface area contributed by atoms with Crippen molar-refractivity contribution < 1.29 is 13.2 Å². The molecule has 3 rings (SSSR count). The van der Waals surface area contributed by atoms with Crippen LogP contribution in [0, 0.1) is 11.6 Å². The van der Waals surface area contributed by atoms with Crippen LogP contribution in [-0.2, 0) is 6.54 Å². The molecule has 0 spiro atoms. The van der Waals surface area contributed by atoms with Gasteiger partial charge in [-0.05, 0) is 18.2 Å². The highest BCUT2D eigenvalue weighted by Crippen LogP contribution is 2.29. The Morgan fingerprint density at radius 3 is 2.74 bits per heavy atom. The molecule has 100 valence electrons. The van der Waals surface area contributed by atoms with Crippen molar-refractivity contribution in [1.29, 1.82) is 0 Å². The number of nitrogens with zero attached hydrogens (tertiary/aromatic N) is 3. The lowest BCUT2D eigenvalue weighted by molar-refractivity contribution is 0.231. The number of halogens is 3. The van der Waals surface area contributed by atoms with Gasteiger partial charge in [0.15, 0.2) is 17.5 Å². The Labute approximate surface area is 107 Å². The van der Waals surface area contributed by atoms with Crippen molar-refractivity contribution in [2.24, 2.45) is 5.73 Å².